The lowest BCUT2D eigenvalue weighted by molar-refractivity contribution is -0.121. The summed E-state index contributed by atoms with van der Waals surface area (Å²) in [6.07, 6.45) is 0.380. The molecule has 0 spiro atoms. The van der Waals surface area contributed by atoms with Gasteiger partial charge in [-0.15, -0.1) is 0 Å². The van der Waals surface area contributed by atoms with Crippen molar-refractivity contribution in [2.24, 2.45) is 0 Å². The molecule has 0 bridgehead atoms. The number of benzene rings is 1. The smallest absolute Gasteiger partial charge is 0.321 e. The van der Waals surface area contributed by atoms with Gasteiger partial charge in [-0.25, -0.2) is 13.2 Å². The molecule has 3 amide bonds. The lowest BCUT2D eigenvalue weighted by atomic mass is 10.1. The highest BCUT2D eigenvalue weighted by Crippen LogP contribution is 2.11. The number of hydrogen-bond acceptors (Lipinski definition) is 7. The van der Waals surface area contributed by atoms with Gasteiger partial charge in [0.25, 0.3) is 0 Å². The molecule has 0 radical (unpaired) electrons. The van der Waals surface area contributed by atoms with Gasteiger partial charge in [0.1, 0.15) is 0 Å². The van der Waals surface area contributed by atoms with Gasteiger partial charge in [-0.3, -0.25) is 19.9 Å². The molecule has 0 unspecified atom stereocenters. The summed E-state index contributed by atoms with van der Waals surface area (Å²) >= 11 is 0. The van der Waals surface area contributed by atoms with Gasteiger partial charge in [0.2, 0.25) is 5.91 Å². The van der Waals surface area contributed by atoms with Crippen LogP contribution in [0.4, 0.5) is 4.79 Å². The van der Waals surface area contributed by atoms with Gasteiger partial charge < -0.3 is 5.32 Å². The Hall–Kier alpha value is -2.48. The average molecular weight is 420 g/mol. The Bertz CT molecular complexity index is 886. The van der Waals surface area contributed by atoms with Gasteiger partial charge in [0.15, 0.2) is 9.84 Å². The number of carbonyl (C=O) groups is 2. The first-order valence-corrected chi connectivity index (χ1v) is 11.4. The summed E-state index contributed by atoms with van der Waals surface area (Å²) in [7, 11) is -3.08. The number of sulfone groups is 1. The van der Waals surface area contributed by atoms with E-state index in [0.29, 0.717) is 25.1 Å². The van der Waals surface area contributed by atoms with Crippen molar-refractivity contribution in [3.05, 3.63) is 35.4 Å². The monoisotopic (exact) mass is 419 g/mol. The molecule has 2 N–H and O–H groups in total. The fourth-order valence-corrected chi connectivity index (χ4v) is 5.22. The zero-order valence-corrected chi connectivity index (χ0v) is 17.0. The van der Waals surface area contributed by atoms with Gasteiger partial charge in [0.05, 0.1) is 29.7 Å². The van der Waals surface area contributed by atoms with Crippen molar-refractivity contribution in [1.82, 2.24) is 20.4 Å². The molecule has 2 heterocycles. The summed E-state index contributed by atoms with van der Waals surface area (Å²) in [4.78, 5) is 28.2. The second-order valence-corrected chi connectivity index (χ2v) is 9.71. The molecule has 1 aromatic carbocycles. The standard InChI is InChI=1S/C19H25N5O4S/c20-11-15-1-3-16(4-2-15)12-23-6-8-24(9-7-23)13-18(25)22-19(26)21-17-5-10-29(27,28)14-17/h1-4,17H,5-10,12-14H2,(H2,21,22,25,26)/t17-/m0/s1. The number of amides is 3. The van der Waals surface area contributed by atoms with Crippen LogP contribution < -0.4 is 10.6 Å². The number of carbonyl (C=O) groups excluding carboxylic acids is 2. The van der Waals surface area contributed by atoms with E-state index in [9.17, 15) is 18.0 Å². The molecule has 2 aliphatic heterocycles. The lowest BCUT2D eigenvalue weighted by Crippen LogP contribution is -2.51. The maximum absolute atomic E-state index is 12.1. The van der Waals surface area contributed by atoms with E-state index in [-0.39, 0.29) is 18.1 Å². The van der Waals surface area contributed by atoms with E-state index >= 15 is 0 Å². The molecule has 9 nitrogen and oxygen atoms in total. The second-order valence-electron chi connectivity index (χ2n) is 7.48. The molecule has 156 valence electrons. The number of nitriles is 1. The van der Waals surface area contributed by atoms with Gasteiger partial charge in [-0.1, -0.05) is 12.1 Å². The average Bonchev–Trinajstić information content (AvgIpc) is 3.02. The van der Waals surface area contributed by atoms with Crippen LogP contribution in [0.3, 0.4) is 0 Å². The summed E-state index contributed by atoms with van der Waals surface area (Å²) in [6.45, 7) is 3.96. The minimum Gasteiger partial charge on any atom is -0.334 e. The van der Waals surface area contributed by atoms with Crippen LogP contribution in [0.25, 0.3) is 0 Å². The van der Waals surface area contributed by atoms with Crippen LogP contribution in [0.1, 0.15) is 17.5 Å². The lowest BCUT2D eigenvalue weighted by Gasteiger charge is -2.34. The molecule has 29 heavy (non-hydrogen) atoms. The third kappa shape index (κ3) is 6.52. The SMILES string of the molecule is N#Cc1ccc(CN2CCN(CC(=O)NC(=O)N[C@H]3CCS(=O)(=O)C3)CC2)cc1. The number of rotatable bonds is 5. The van der Waals surface area contributed by atoms with Crippen molar-refractivity contribution in [3.8, 4) is 6.07 Å². The maximum Gasteiger partial charge on any atom is 0.321 e. The van der Waals surface area contributed by atoms with Crippen LogP contribution in [0, 0.1) is 11.3 Å². The maximum atomic E-state index is 12.1. The Kier molecular flexibility index (Phi) is 6.84. The molecule has 1 aromatic rings. The fourth-order valence-electron chi connectivity index (χ4n) is 3.55. The number of imide groups is 1. The van der Waals surface area contributed by atoms with E-state index in [1.54, 1.807) is 0 Å². The number of urea groups is 1. The molecule has 2 saturated heterocycles. The van der Waals surface area contributed by atoms with E-state index in [0.717, 1.165) is 25.2 Å². The minimum absolute atomic E-state index is 0.0681. The molecule has 1 atom stereocenters. The quantitative estimate of drug-likeness (QED) is 0.671. The van der Waals surface area contributed by atoms with Crippen LogP contribution >= 0.6 is 0 Å². The normalized spacial score (nSPS) is 22.0. The van der Waals surface area contributed by atoms with Crippen molar-refractivity contribution in [3.63, 3.8) is 0 Å². The number of nitrogens with one attached hydrogen (secondary N) is 2. The Labute approximate surface area is 170 Å². The van der Waals surface area contributed by atoms with Gasteiger partial charge in [0, 0.05) is 38.8 Å². The fraction of sp³-hybridized carbons (Fsp3) is 0.526. The molecular formula is C19H25N5O4S. The van der Waals surface area contributed by atoms with Crippen molar-refractivity contribution in [2.45, 2.75) is 19.0 Å². The largest absolute Gasteiger partial charge is 0.334 e. The summed E-state index contributed by atoms with van der Waals surface area (Å²) in [5.41, 5.74) is 1.78. The van der Waals surface area contributed by atoms with Gasteiger partial charge in [-0.05, 0) is 24.1 Å². The van der Waals surface area contributed by atoms with Gasteiger partial charge in [-0.2, -0.15) is 5.26 Å². The summed E-state index contributed by atoms with van der Waals surface area (Å²) in [5.74, 6) is -0.405. The zero-order valence-electron chi connectivity index (χ0n) is 16.1. The Morgan fingerprint density at radius 1 is 1.10 bits per heavy atom. The second kappa shape index (κ2) is 9.35. The third-order valence-electron chi connectivity index (χ3n) is 5.14. The van der Waals surface area contributed by atoms with Crippen molar-refractivity contribution in [1.29, 1.82) is 5.26 Å². The van der Waals surface area contributed by atoms with E-state index in [1.807, 2.05) is 29.2 Å². The highest BCUT2D eigenvalue weighted by molar-refractivity contribution is 7.91. The van der Waals surface area contributed by atoms with Crippen LogP contribution in [0.5, 0.6) is 0 Å². The number of piperazine rings is 1. The summed E-state index contributed by atoms with van der Waals surface area (Å²) in [5, 5.41) is 13.7. The highest BCUT2D eigenvalue weighted by Gasteiger charge is 2.29. The predicted molar refractivity (Wildman–Crippen MR) is 107 cm³/mol. The first kappa shape index (κ1) is 21.2. The van der Waals surface area contributed by atoms with Crippen LogP contribution in [-0.2, 0) is 21.2 Å². The van der Waals surface area contributed by atoms with Gasteiger partial charge >= 0.3 is 6.03 Å². The predicted octanol–water partition coefficient (Wildman–Crippen LogP) is -0.311. The molecule has 2 fully saturated rings. The van der Waals surface area contributed by atoms with Crippen LogP contribution in [0.2, 0.25) is 0 Å². The van der Waals surface area contributed by atoms with Crippen molar-refractivity contribution < 1.29 is 18.0 Å². The van der Waals surface area contributed by atoms with Crippen LogP contribution in [-0.4, -0.2) is 80.4 Å². The van der Waals surface area contributed by atoms with E-state index in [4.69, 9.17) is 5.26 Å². The van der Waals surface area contributed by atoms with E-state index in [1.165, 1.54) is 0 Å². The minimum atomic E-state index is -3.08. The molecule has 0 aliphatic carbocycles. The van der Waals surface area contributed by atoms with E-state index < -0.39 is 27.8 Å². The van der Waals surface area contributed by atoms with Crippen LogP contribution in [0.15, 0.2) is 24.3 Å². The molecule has 0 saturated carbocycles. The molecule has 3 rings (SSSR count). The number of nitrogens with zero attached hydrogens (tertiary/aromatic N) is 3. The summed E-state index contributed by atoms with van der Waals surface area (Å²) in [6, 6.07) is 8.55. The van der Waals surface area contributed by atoms with Crippen molar-refractivity contribution >= 4 is 21.8 Å². The summed E-state index contributed by atoms with van der Waals surface area (Å²) < 4.78 is 22.8. The highest BCUT2D eigenvalue weighted by atomic mass is 32.2. The molecule has 10 heteroatoms. The molecular weight excluding hydrogens is 394 g/mol. The third-order valence-corrected chi connectivity index (χ3v) is 6.91. The van der Waals surface area contributed by atoms with Crippen molar-refractivity contribution in [2.75, 3.05) is 44.2 Å². The first-order valence-electron chi connectivity index (χ1n) is 9.57. The van der Waals surface area contributed by atoms with E-state index in [2.05, 4.69) is 21.6 Å². The Balaban J connectivity index is 1.36. The Morgan fingerprint density at radius 2 is 1.76 bits per heavy atom. The molecule has 0 aromatic heterocycles. The number of hydrogen-bond donors (Lipinski definition) is 2. The first-order chi connectivity index (χ1) is 13.8. The zero-order chi connectivity index (χ0) is 20.9. The molecule has 2 aliphatic rings. The topological polar surface area (TPSA) is 123 Å². The Morgan fingerprint density at radius 3 is 2.34 bits per heavy atom.